The van der Waals surface area contributed by atoms with Crippen LogP contribution in [0.2, 0.25) is 0 Å². The molecule has 4 unspecified atom stereocenters. The van der Waals surface area contributed by atoms with Crippen molar-refractivity contribution in [2.75, 3.05) is 13.1 Å². The molecule has 0 bridgehead atoms. The van der Waals surface area contributed by atoms with E-state index in [0.29, 0.717) is 36.1 Å². The van der Waals surface area contributed by atoms with Gasteiger partial charge in [-0.1, -0.05) is 42.9 Å². The van der Waals surface area contributed by atoms with Crippen LogP contribution >= 0.6 is 0 Å². The van der Waals surface area contributed by atoms with Gasteiger partial charge >= 0.3 is 0 Å². The Balaban J connectivity index is 1.75. The number of ether oxygens (including phenoxy) is 2. The first kappa shape index (κ1) is 39.3. The topological polar surface area (TPSA) is 151 Å². The van der Waals surface area contributed by atoms with Crippen LogP contribution in [0.25, 0.3) is 6.08 Å². The monoisotopic (exact) mass is 702 g/mol. The van der Waals surface area contributed by atoms with Crippen molar-refractivity contribution < 1.29 is 38.9 Å². The molecule has 51 heavy (non-hydrogen) atoms. The van der Waals surface area contributed by atoms with Gasteiger partial charge in [-0.05, 0) is 98.3 Å². The van der Waals surface area contributed by atoms with Gasteiger partial charge in [0.05, 0.1) is 11.5 Å². The molecule has 4 atom stereocenters. The Hall–Kier alpha value is -4.44. The first-order valence-corrected chi connectivity index (χ1v) is 17.9. The number of phenols is 1. The van der Waals surface area contributed by atoms with Gasteiger partial charge in [0.1, 0.15) is 28.4 Å². The highest BCUT2D eigenvalue weighted by Gasteiger charge is 2.66. The van der Waals surface area contributed by atoms with Crippen LogP contribution in [0.5, 0.6) is 17.2 Å². The number of hydrogen-bond donors (Lipinski definition) is 4. The van der Waals surface area contributed by atoms with Crippen LogP contribution in [0.15, 0.2) is 53.2 Å². The van der Waals surface area contributed by atoms with Gasteiger partial charge in [0.25, 0.3) is 0 Å². The number of rotatable bonds is 13. The van der Waals surface area contributed by atoms with E-state index in [9.17, 15) is 29.4 Å². The Labute approximate surface area is 301 Å². The molecule has 2 heterocycles. The number of phenolic OH excluding ortho intramolecular Hbond substituents is 1. The number of aromatic hydroxyl groups is 1. The average Bonchev–Trinajstić information content (AvgIpc) is 3.05. The highest BCUT2D eigenvalue weighted by atomic mass is 16.5. The van der Waals surface area contributed by atoms with Crippen LogP contribution in [0.3, 0.4) is 0 Å². The molecule has 1 fully saturated rings. The third-order valence-corrected chi connectivity index (χ3v) is 10.1. The fraction of sp³-hybridized carbons (Fsp3) is 0.512. The second kappa shape index (κ2) is 15.4. The van der Waals surface area contributed by atoms with E-state index < -0.39 is 40.2 Å². The molecule has 4 rings (SSSR count). The summed E-state index contributed by atoms with van der Waals surface area (Å²) in [5, 5.41) is 29.5. The van der Waals surface area contributed by atoms with E-state index in [1.807, 2.05) is 53.7 Å². The lowest BCUT2D eigenvalue weighted by molar-refractivity contribution is -0.175. The molecule has 0 aromatic heterocycles. The van der Waals surface area contributed by atoms with Crippen molar-refractivity contribution in [3.63, 3.8) is 0 Å². The van der Waals surface area contributed by atoms with Gasteiger partial charge in [-0.15, -0.1) is 0 Å². The lowest BCUT2D eigenvalue weighted by atomic mass is 9.59. The number of benzene rings is 1. The number of carbonyl (C=O) groups is 4. The maximum Gasteiger partial charge on any atom is 0.246 e. The summed E-state index contributed by atoms with van der Waals surface area (Å²) >= 11 is 0. The van der Waals surface area contributed by atoms with Gasteiger partial charge in [0, 0.05) is 37.1 Å². The predicted octanol–water partition coefficient (Wildman–Crippen LogP) is 6.39. The minimum absolute atomic E-state index is 0.0172. The van der Waals surface area contributed by atoms with E-state index in [4.69, 9.17) is 9.47 Å². The number of carbonyl (C=O) groups excluding carboxylic acids is 4. The van der Waals surface area contributed by atoms with Crippen LogP contribution in [0.4, 0.5) is 0 Å². The van der Waals surface area contributed by atoms with Crippen molar-refractivity contribution in [3.05, 3.63) is 69.9 Å². The Kier molecular flexibility index (Phi) is 11.9. The molecule has 0 radical (unpaired) electrons. The highest BCUT2D eigenvalue weighted by molar-refractivity contribution is 6.12. The summed E-state index contributed by atoms with van der Waals surface area (Å²) in [6.07, 6.45) is 11.7. The Morgan fingerprint density at radius 1 is 1.00 bits per heavy atom. The number of allylic oxidation sites excluding steroid dienone is 4. The fourth-order valence-electron chi connectivity index (χ4n) is 6.93. The van der Waals surface area contributed by atoms with Gasteiger partial charge < -0.3 is 30.3 Å². The van der Waals surface area contributed by atoms with E-state index in [-0.39, 0.29) is 60.0 Å². The Morgan fingerprint density at radius 3 is 2.31 bits per heavy atom. The number of aliphatic hydroxyl groups is 1. The van der Waals surface area contributed by atoms with Gasteiger partial charge in [-0.3, -0.25) is 19.2 Å². The molecule has 1 aliphatic carbocycles. The standard InChI is InChI=1S/C41H54N2O8/c1-10-12-31(44)42-21-22-43-38(48)26(6)16-20-41(49)37(47)27(7)23-30-34(46)32-33(45)28-17-19-39(8,18-11-13-24(2)3)50-35(28)29(15-14-25(4)5)36(32)51-40(30,41)9/h13-14,16-17,19,30,45,49H,7,10-12,15,18,20-23H2,1-6,8-9H3,(H,42,44)(H,43,48)/b26-16-. The van der Waals surface area contributed by atoms with Crippen molar-refractivity contribution in [1.82, 2.24) is 10.6 Å². The second-order valence-corrected chi connectivity index (χ2v) is 14.9. The summed E-state index contributed by atoms with van der Waals surface area (Å²) in [5.74, 6) is -2.57. The lowest BCUT2D eigenvalue weighted by Gasteiger charge is -2.53. The summed E-state index contributed by atoms with van der Waals surface area (Å²) in [6, 6.07) is 0. The predicted molar refractivity (Wildman–Crippen MR) is 198 cm³/mol. The zero-order chi connectivity index (χ0) is 37.9. The van der Waals surface area contributed by atoms with Gasteiger partial charge in [-0.25, -0.2) is 0 Å². The molecule has 2 amide bonds. The van der Waals surface area contributed by atoms with Gasteiger partial charge in [-0.2, -0.15) is 0 Å². The maximum atomic E-state index is 14.5. The van der Waals surface area contributed by atoms with Crippen molar-refractivity contribution in [2.24, 2.45) is 5.92 Å². The molecule has 3 aliphatic rings. The number of amides is 2. The minimum Gasteiger partial charge on any atom is -0.506 e. The van der Waals surface area contributed by atoms with Gasteiger partial charge in [0.2, 0.25) is 11.8 Å². The van der Waals surface area contributed by atoms with E-state index in [0.717, 1.165) is 18.4 Å². The normalized spacial score (nSPS) is 25.1. The smallest absolute Gasteiger partial charge is 0.246 e. The number of nitrogens with one attached hydrogen (secondary N) is 2. The molecule has 0 spiro atoms. The van der Waals surface area contributed by atoms with Crippen molar-refractivity contribution in [2.45, 2.75) is 117 Å². The minimum atomic E-state index is -2.28. The maximum absolute atomic E-state index is 14.5. The number of ketones is 2. The highest BCUT2D eigenvalue weighted by Crippen LogP contribution is 2.57. The first-order chi connectivity index (χ1) is 23.9. The molecule has 4 N–H and O–H groups in total. The van der Waals surface area contributed by atoms with E-state index in [2.05, 4.69) is 23.3 Å². The second-order valence-electron chi connectivity index (χ2n) is 14.9. The Morgan fingerprint density at radius 2 is 1.67 bits per heavy atom. The van der Waals surface area contributed by atoms with E-state index >= 15 is 0 Å². The van der Waals surface area contributed by atoms with Crippen LogP contribution in [-0.2, 0) is 20.8 Å². The largest absolute Gasteiger partial charge is 0.506 e. The average molecular weight is 703 g/mol. The summed E-state index contributed by atoms with van der Waals surface area (Å²) in [5.41, 5.74) is -1.40. The molecule has 10 nitrogen and oxygen atoms in total. The number of hydrogen-bond acceptors (Lipinski definition) is 8. The third-order valence-electron chi connectivity index (χ3n) is 10.1. The molecular weight excluding hydrogens is 648 g/mol. The third kappa shape index (κ3) is 7.91. The van der Waals surface area contributed by atoms with Crippen molar-refractivity contribution in [3.8, 4) is 17.2 Å². The zero-order valence-corrected chi connectivity index (χ0v) is 31.4. The van der Waals surface area contributed by atoms with Crippen LogP contribution in [-0.4, -0.2) is 63.5 Å². The molecule has 1 aromatic carbocycles. The fourth-order valence-corrected chi connectivity index (χ4v) is 6.93. The van der Waals surface area contributed by atoms with Crippen molar-refractivity contribution in [1.29, 1.82) is 0 Å². The summed E-state index contributed by atoms with van der Waals surface area (Å²) in [7, 11) is 0. The Bertz CT molecular complexity index is 1740. The SMILES string of the molecule is C=C1CC2C(=O)c3c(O)c4c(c(CC=C(C)C)c3OC2(C)C(O)(C/C=C(/C)C(=O)NCCNC(=O)CCC)C1=O)OC(C)(CCC=C(C)C)C=C4. The molecule has 2 aliphatic heterocycles. The lowest BCUT2D eigenvalue weighted by Crippen LogP contribution is -2.70. The summed E-state index contributed by atoms with van der Waals surface area (Å²) in [6.45, 7) is 19.3. The van der Waals surface area contributed by atoms with Gasteiger partial charge in [0.15, 0.2) is 22.8 Å². The van der Waals surface area contributed by atoms with Crippen molar-refractivity contribution >= 4 is 29.5 Å². The van der Waals surface area contributed by atoms with Crippen LogP contribution in [0.1, 0.15) is 115 Å². The summed E-state index contributed by atoms with van der Waals surface area (Å²) in [4.78, 5) is 53.0. The quantitative estimate of drug-likeness (QED) is 0.105. The van der Waals surface area contributed by atoms with Crippen LogP contribution in [0, 0.1) is 5.92 Å². The number of fused-ring (bicyclic) bond motifs is 3. The first-order valence-electron chi connectivity index (χ1n) is 17.9. The summed E-state index contributed by atoms with van der Waals surface area (Å²) < 4.78 is 13.4. The molecule has 1 saturated carbocycles. The number of Topliss-reactive ketones (excluding diaryl/α,β-unsaturated/α-hetero) is 2. The molecule has 1 aromatic rings. The van der Waals surface area contributed by atoms with E-state index in [1.54, 1.807) is 13.0 Å². The molecule has 276 valence electrons. The van der Waals surface area contributed by atoms with Crippen LogP contribution < -0.4 is 20.1 Å². The molecule has 10 heteroatoms. The van der Waals surface area contributed by atoms with E-state index in [1.165, 1.54) is 18.6 Å². The molecular formula is C41H54N2O8. The molecule has 0 saturated heterocycles. The zero-order valence-electron chi connectivity index (χ0n) is 31.4.